The third-order valence-corrected chi connectivity index (χ3v) is 9.32. The Kier molecular flexibility index (Phi) is 11.2. The number of carbonyl (C=O) groups is 2. The number of halogens is 1. The molecule has 7 nitrogen and oxygen atoms in total. The molecule has 2 amide bonds. The molecule has 230 valence electrons. The highest BCUT2D eigenvalue weighted by Crippen LogP contribution is 2.26. The van der Waals surface area contributed by atoms with Crippen molar-refractivity contribution in [3.8, 4) is 0 Å². The molecule has 4 rings (SSSR count). The van der Waals surface area contributed by atoms with Gasteiger partial charge in [-0.3, -0.25) is 13.9 Å². The minimum Gasteiger partial charge on any atom is -0.354 e. The highest BCUT2D eigenvalue weighted by molar-refractivity contribution is 7.92. The Hall–Kier alpha value is -4.14. The minimum atomic E-state index is -4.18. The number of benzene rings is 4. The first kappa shape index (κ1) is 32.8. The van der Waals surface area contributed by atoms with Gasteiger partial charge >= 0.3 is 0 Å². The predicted octanol–water partition coefficient (Wildman–Crippen LogP) is 6.26. The molecule has 0 saturated carbocycles. The Morgan fingerprint density at radius 1 is 0.818 bits per heavy atom. The molecule has 1 N–H and O–H groups in total. The van der Waals surface area contributed by atoms with Crippen molar-refractivity contribution in [2.45, 2.75) is 44.7 Å². The van der Waals surface area contributed by atoms with Crippen molar-refractivity contribution in [2.75, 3.05) is 17.4 Å². The second-order valence-electron chi connectivity index (χ2n) is 11.1. The third-order valence-electron chi connectivity index (χ3n) is 7.28. The SMILES string of the molecule is Cc1ccccc1CN(C(=O)CN(c1ccccc1)S(=O)(=O)c1ccc(Cl)cc1)[C@@H](Cc1ccccc1)C(=O)NCC(C)C. The molecule has 44 heavy (non-hydrogen) atoms. The van der Waals surface area contributed by atoms with Crippen molar-refractivity contribution in [1.82, 2.24) is 10.2 Å². The first-order chi connectivity index (χ1) is 21.1. The summed E-state index contributed by atoms with van der Waals surface area (Å²) >= 11 is 6.04. The molecule has 0 fully saturated rings. The average Bonchev–Trinajstić information content (AvgIpc) is 3.02. The predicted molar refractivity (Wildman–Crippen MR) is 176 cm³/mol. The van der Waals surface area contributed by atoms with Gasteiger partial charge in [-0.05, 0) is 65.9 Å². The van der Waals surface area contributed by atoms with Gasteiger partial charge in [0.2, 0.25) is 11.8 Å². The normalized spacial score (nSPS) is 12.0. The van der Waals surface area contributed by atoms with E-state index in [1.165, 1.54) is 29.2 Å². The van der Waals surface area contributed by atoms with Crippen LogP contribution in [0.5, 0.6) is 0 Å². The Morgan fingerprint density at radius 3 is 2.02 bits per heavy atom. The third kappa shape index (κ3) is 8.49. The van der Waals surface area contributed by atoms with Crippen LogP contribution in [0, 0.1) is 12.8 Å². The van der Waals surface area contributed by atoms with Crippen molar-refractivity contribution in [3.05, 3.63) is 131 Å². The van der Waals surface area contributed by atoms with E-state index in [-0.39, 0.29) is 29.7 Å². The highest BCUT2D eigenvalue weighted by atomic mass is 35.5. The van der Waals surface area contributed by atoms with Gasteiger partial charge in [-0.1, -0.05) is 98.2 Å². The molecule has 0 saturated heterocycles. The molecule has 4 aromatic carbocycles. The fourth-order valence-corrected chi connectivity index (χ4v) is 6.34. The standard InChI is InChI=1S/C35H38ClN3O4S/c1-26(2)23-37-35(41)33(22-28-13-6-4-7-14-28)38(24-29-15-11-10-12-27(29)3)34(40)25-39(31-16-8-5-9-17-31)44(42,43)32-20-18-30(36)19-21-32/h4-21,26,33H,22-25H2,1-3H3,(H,37,41)/t33-/m0/s1. The molecule has 1 atom stereocenters. The van der Waals surface area contributed by atoms with Crippen LogP contribution >= 0.6 is 11.6 Å². The van der Waals surface area contributed by atoms with Gasteiger partial charge < -0.3 is 10.2 Å². The quantitative estimate of drug-likeness (QED) is 0.189. The Balaban J connectivity index is 1.79. The first-order valence-corrected chi connectivity index (χ1v) is 16.4. The Bertz CT molecular complexity index is 1650. The van der Waals surface area contributed by atoms with E-state index in [2.05, 4.69) is 5.32 Å². The number of nitrogens with zero attached hydrogens (tertiary/aromatic N) is 2. The number of hydrogen-bond acceptors (Lipinski definition) is 4. The molecule has 0 heterocycles. The largest absolute Gasteiger partial charge is 0.354 e. The van der Waals surface area contributed by atoms with Gasteiger partial charge in [0, 0.05) is 24.5 Å². The van der Waals surface area contributed by atoms with E-state index in [0.717, 1.165) is 21.0 Å². The van der Waals surface area contributed by atoms with Crippen molar-refractivity contribution < 1.29 is 18.0 Å². The summed E-state index contributed by atoms with van der Waals surface area (Å²) in [5.41, 5.74) is 3.03. The number of rotatable bonds is 13. The highest BCUT2D eigenvalue weighted by Gasteiger charge is 2.34. The van der Waals surface area contributed by atoms with E-state index in [0.29, 0.717) is 17.3 Å². The van der Waals surface area contributed by atoms with E-state index >= 15 is 0 Å². The summed E-state index contributed by atoms with van der Waals surface area (Å²) in [4.78, 5) is 29.8. The number of aryl methyl sites for hydroxylation is 1. The molecular formula is C35H38ClN3O4S. The molecule has 0 radical (unpaired) electrons. The number of amides is 2. The van der Waals surface area contributed by atoms with Crippen molar-refractivity contribution >= 4 is 39.1 Å². The molecule has 4 aromatic rings. The van der Waals surface area contributed by atoms with Crippen LogP contribution in [0.25, 0.3) is 0 Å². The van der Waals surface area contributed by atoms with Gasteiger partial charge in [0.15, 0.2) is 0 Å². The molecule has 0 aromatic heterocycles. The fraction of sp³-hybridized carbons (Fsp3) is 0.257. The topological polar surface area (TPSA) is 86.8 Å². The van der Waals surface area contributed by atoms with Gasteiger partial charge in [0.05, 0.1) is 10.6 Å². The summed E-state index contributed by atoms with van der Waals surface area (Å²) in [6, 6.07) is 30.6. The molecule has 0 aliphatic rings. The second kappa shape index (κ2) is 15.0. The van der Waals surface area contributed by atoms with Crippen LogP contribution in [0.4, 0.5) is 5.69 Å². The van der Waals surface area contributed by atoms with Gasteiger partial charge in [-0.25, -0.2) is 8.42 Å². The lowest BCUT2D eigenvalue weighted by Crippen LogP contribution is -2.53. The molecule has 0 aliphatic heterocycles. The van der Waals surface area contributed by atoms with Gasteiger partial charge in [-0.2, -0.15) is 0 Å². The van der Waals surface area contributed by atoms with Crippen LogP contribution in [0.3, 0.4) is 0 Å². The number of carbonyl (C=O) groups excluding carboxylic acids is 2. The maximum atomic E-state index is 14.5. The van der Waals surface area contributed by atoms with E-state index in [1.807, 2.05) is 75.4 Å². The van der Waals surface area contributed by atoms with Gasteiger partial charge in [-0.15, -0.1) is 0 Å². The van der Waals surface area contributed by atoms with Crippen molar-refractivity contribution in [2.24, 2.45) is 5.92 Å². The van der Waals surface area contributed by atoms with Crippen LogP contribution in [0.2, 0.25) is 5.02 Å². The van der Waals surface area contributed by atoms with Crippen LogP contribution in [-0.4, -0.2) is 44.3 Å². The van der Waals surface area contributed by atoms with Gasteiger partial charge in [0.1, 0.15) is 12.6 Å². The van der Waals surface area contributed by atoms with Crippen LogP contribution in [-0.2, 0) is 32.6 Å². The van der Waals surface area contributed by atoms with Gasteiger partial charge in [0.25, 0.3) is 10.0 Å². The maximum absolute atomic E-state index is 14.5. The zero-order chi connectivity index (χ0) is 31.7. The second-order valence-corrected chi connectivity index (χ2v) is 13.4. The van der Waals surface area contributed by atoms with Crippen molar-refractivity contribution in [3.63, 3.8) is 0 Å². The molecule has 0 aliphatic carbocycles. The van der Waals surface area contributed by atoms with Crippen LogP contribution in [0.1, 0.15) is 30.5 Å². The fourth-order valence-electron chi connectivity index (χ4n) is 4.80. The van der Waals surface area contributed by atoms with E-state index in [1.54, 1.807) is 30.3 Å². The van der Waals surface area contributed by atoms with E-state index in [4.69, 9.17) is 11.6 Å². The van der Waals surface area contributed by atoms with Crippen LogP contribution in [0.15, 0.2) is 114 Å². The Morgan fingerprint density at radius 2 is 1.41 bits per heavy atom. The minimum absolute atomic E-state index is 0.000445. The zero-order valence-corrected chi connectivity index (χ0v) is 26.8. The van der Waals surface area contributed by atoms with Crippen molar-refractivity contribution in [1.29, 1.82) is 0 Å². The zero-order valence-electron chi connectivity index (χ0n) is 25.2. The Labute approximate surface area is 265 Å². The lowest BCUT2D eigenvalue weighted by atomic mass is 10.0. The number of hydrogen-bond donors (Lipinski definition) is 1. The number of sulfonamides is 1. The average molecular weight is 632 g/mol. The number of nitrogens with one attached hydrogen (secondary N) is 1. The molecule has 9 heteroatoms. The smallest absolute Gasteiger partial charge is 0.264 e. The summed E-state index contributed by atoms with van der Waals surface area (Å²) in [6.45, 7) is 6.01. The number of para-hydroxylation sites is 1. The summed E-state index contributed by atoms with van der Waals surface area (Å²) < 4.78 is 29.1. The maximum Gasteiger partial charge on any atom is 0.264 e. The van der Waals surface area contributed by atoms with Crippen LogP contribution < -0.4 is 9.62 Å². The van der Waals surface area contributed by atoms with E-state index in [9.17, 15) is 18.0 Å². The summed E-state index contributed by atoms with van der Waals surface area (Å²) in [5, 5.41) is 3.40. The molecule has 0 bridgehead atoms. The molecule has 0 unspecified atom stereocenters. The summed E-state index contributed by atoms with van der Waals surface area (Å²) in [5.74, 6) is -0.596. The molecule has 0 spiro atoms. The first-order valence-electron chi connectivity index (χ1n) is 14.5. The monoisotopic (exact) mass is 631 g/mol. The lowest BCUT2D eigenvalue weighted by molar-refractivity contribution is -0.140. The summed E-state index contributed by atoms with van der Waals surface area (Å²) in [6.07, 6.45) is 0.262. The lowest BCUT2D eigenvalue weighted by Gasteiger charge is -2.34. The molecular weight excluding hydrogens is 594 g/mol. The van der Waals surface area contributed by atoms with E-state index < -0.39 is 28.5 Å². The summed E-state index contributed by atoms with van der Waals surface area (Å²) in [7, 11) is -4.18. The number of anilines is 1.